The van der Waals surface area contributed by atoms with Crippen LogP contribution in [0.25, 0.3) is 22.5 Å². The van der Waals surface area contributed by atoms with Gasteiger partial charge in [-0.25, -0.2) is 9.97 Å². The van der Waals surface area contributed by atoms with Crippen molar-refractivity contribution < 1.29 is 5.11 Å². The summed E-state index contributed by atoms with van der Waals surface area (Å²) in [6.45, 7) is 4.13. The number of hydrogen-bond acceptors (Lipinski definition) is 5. The fraction of sp³-hybridized carbons (Fsp3) is 0.222. The Kier molecular flexibility index (Phi) is 4.43. The second-order valence-corrected chi connectivity index (χ2v) is 6.81. The lowest BCUT2D eigenvalue weighted by atomic mass is 9.96. The number of aromatic nitrogens is 4. The number of nitrogens with zero attached hydrogens (tertiary/aromatic N) is 5. The van der Waals surface area contributed by atoms with E-state index >= 15 is 0 Å². The predicted octanol–water partition coefficient (Wildman–Crippen LogP) is 3.92. The number of benzene rings is 1. The van der Waals surface area contributed by atoms with Crippen molar-refractivity contribution in [3.8, 4) is 34.3 Å². The number of rotatable bonds is 4. The third-order valence-corrected chi connectivity index (χ3v) is 3.85. The average Bonchev–Trinajstić information content (AvgIpc) is 2.98. The summed E-state index contributed by atoms with van der Waals surface area (Å²) < 4.78 is 1.72. The zero-order valence-corrected chi connectivity index (χ0v) is 14.6. The number of phenolic OH excluding ortho intramolecular Hbond substituents is 1. The first-order chi connectivity index (χ1) is 11.9. The molecule has 0 saturated heterocycles. The summed E-state index contributed by atoms with van der Waals surface area (Å²) in [5.41, 5.74) is 2.21. The quantitative estimate of drug-likeness (QED) is 0.768. The maximum atomic E-state index is 9.86. The third-order valence-electron chi connectivity index (χ3n) is 3.64. The van der Waals surface area contributed by atoms with Crippen LogP contribution in [0, 0.1) is 16.7 Å². The Labute approximate surface area is 150 Å². The van der Waals surface area contributed by atoms with Gasteiger partial charge in [-0.05, 0) is 38.1 Å². The van der Waals surface area contributed by atoms with Gasteiger partial charge in [-0.15, -0.1) is 0 Å². The van der Waals surface area contributed by atoms with Crippen LogP contribution in [0.3, 0.4) is 0 Å². The monoisotopic (exact) mass is 353 g/mol. The van der Waals surface area contributed by atoms with Crippen LogP contribution < -0.4 is 0 Å². The fourth-order valence-electron chi connectivity index (χ4n) is 2.50. The minimum atomic E-state index is -0.567. The highest BCUT2D eigenvalue weighted by Crippen LogP contribution is 2.34. The summed E-state index contributed by atoms with van der Waals surface area (Å²) >= 11 is 6.07. The minimum absolute atomic E-state index is 0.0584. The van der Waals surface area contributed by atoms with Crippen LogP contribution in [-0.4, -0.2) is 24.9 Å². The molecule has 1 aromatic carbocycles. The molecule has 0 radical (unpaired) electrons. The van der Waals surface area contributed by atoms with Gasteiger partial charge in [0.15, 0.2) is 0 Å². The topological polar surface area (TPSA) is 87.6 Å². The van der Waals surface area contributed by atoms with E-state index in [1.165, 1.54) is 12.4 Å². The van der Waals surface area contributed by atoms with Crippen molar-refractivity contribution in [2.24, 2.45) is 5.41 Å². The summed E-state index contributed by atoms with van der Waals surface area (Å²) in [7, 11) is 0. The van der Waals surface area contributed by atoms with Crippen LogP contribution in [0.2, 0.25) is 5.02 Å². The van der Waals surface area contributed by atoms with Gasteiger partial charge in [0.1, 0.15) is 17.8 Å². The highest BCUT2D eigenvalue weighted by Gasteiger charge is 2.21. The van der Waals surface area contributed by atoms with Gasteiger partial charge in [0.05, 0.1) is 23.7 Å². The molecule has 0 aliphatic rings. The Morgan fingerprint density at radius 3 is 2.76 bits per heavy atom. The smallest absolute Gasteiger partial charge is 0.117 e. The molecule has 0 fully saturated rings. The van der Waals surface area contributed by atoms with Crippen LogP contribution >= 0.6 is 11.6 Å². The van der Waals surface area contributed by atoms with Crippen molar-refractivity contribution >= 4 is 11.6 Å². The average molecular weight is 354 g/mol. The molecule has 0 atom stereocenters. The molecule has 2 heterocycles. The van der Waals surface area contributed by atoms with Crippen molar-refractivity contribution in [3.05, 3.63) is 48.0 Å². The van der Waals surface area contributed by atoms with Crippen LogP contribution in [0.5, 0.6) is 5.75 Å². The van der Waals surface area contributed by atoms with E-state index in [1.807, 2.05) is 20.0 Å². The summed E-state index contributed by atoms with van der Waals surface area (Å²) in [6, 6.07) is 8.84. The molecule has 2 aromatic heterocycles. The fourth-order valence-corrected chi connectivity index (χ4v) is 2.73. The first-order valence-corrected chi connectivity index (χ1v) is 8.01. The van der Waals surface area contributed by atoms with E-state index in [1.54, 1.807) is 29.1 Å². The summed E-state index contributed by atoms with van der Waals surface area (Å²) in [4.78, 5) is 8.22. The van der Waals surface area contributed by atoms with E-state index in [0.717, 1.165) is 5.56 Å². The number of nitriles is 1. The first kappa shape index (κ1) is 16.9. The van der Waals surface area contributed by atoms with Gasteiger partial charge in [-0.3, -0.25) is 4.68 Å². The van der Waals surface area contributed by atoms with Gasteiger partial charge in [0.2, 0.25) is 0 Å². The van der Waals surface area contributed by atoms with Crippen LogP contribution in [0.4, 0.5) is 0 Å². The molecule has 0 unspecified atom stereocenters. The second-order valence-electron chi connectivity index (χ2n) is 6.38. The van der Waals surface area contributed by atoms with E-state index < -0.39 is 5.41 Å². The molecule has 3 aromatic rings. The van der Waals surface area contributed by atoms with Crippen molar-refractivity contribution in [1.29, 1.82) is 5.26 Å². The van der Waals surface area contributed by atoms with Gasteiger partial charge in [0.25, 0.3) is 0 Å². The van der Waals surface area contributed by atoms with E-state index in [2.05, 4.69) is 21.1 Å². The van der Waals surface area contributed by atoms with E-state index in [-0.39, 0.29) is 5.75 Å². The number of hydrogen-bond donors (Lipinski definition) is 1. The molecular formula is C18H16ClN5O. The normalized spacial score (nSPS) is 11.3. The molecular weight excluding hydrogens is 338 g/mol. The maximum absolute atomic E-state index is 9.86. The van der Waals surface area contributed by atoms with Gasteiger partial charge in [-0.2, -0.15) is 10.4 Å². The highest BCUT2D eigenvalue weighted by molar-refractivity contribution is 6.31. The molecule has 0 bridgehead atoms. The Hall–Kier alpha value is -2.91. The highest BCUT2D eigenvalue weighted by atomic mass is 35.5. The lowest BCUT2D eigenvalue weighted by Crippen LogP contribution is -2.17. The predicted molar refractivity (Wildman–Crippen MR) is 94.8 cm³/mol. The van der Waals surface area contributed by atoms with E-state index in [4.69, 9.17) is 11.6 Å². The Morgan fingerprint density at radius 1 is 1.32 bits per heavy atom. The molecule has 6 nitrogen and oxygen atoms in total. The van der Waals surface area contributed by atoms with Crippen molar-refractivity contribution in [1.82, 2.24) is 19.7 Å². The number of phenols is 1. The first-order valence-electron chi connectivity index (χ1n) is 7.63. The van der Waals surface area contributed by atoms with Crippen molar-refractivity contribution in [2.45, 2.75) is 20.4 Å². The number of halogens is 1. The molecule has 0 spiro atoms. The Balaban J connectivity index is 2.15. The molecule has 1 N–H and O–H groups in total. The molecule has 3 rings (SSSR count). The lowest BCUT2D eigenvalue weighted by molar-refractivity contribution is 0.385. The zero-order valence-electron chi connectivity index (χ0n) is 13.8. The van der Waals surface area contributed by atoms with Crippen LogP contribution in [0.1, 0.15) is 13.8 Å². The molecule has 0 saturated carbocycles. The molecule has 126 valence electrons. The lowest BCUT2D eigenvalue weighted by Gasteiger charge is -2.14. The zero-order chi connectivity index (χ0) is 18.0. The van der Waals surface area contributed by atoms with Crippen LogP contribution in [0.15, 0.2) is 43.0 Å². The molecule has 0 aliphatic heterocycles. The largest absolute Gasteiger partial charge is 0.508 e. The van der Waals surface area contributed by atoms with Crippen molar-refractivity contribution in [2.75, 3.05) is 0 Å². The molecule has 7 heteroatoms. The third kappa shape index (κ3) is 3.78. The van der Waals surface area contributed by atoms with Gasteiger partial charge in [-0.1, -0.05) is 11.6 Å². The summed E-state index contributed by atoms with van der Waals surface area (Å²) in [5, 5.41) is 24.2. The Bertz CT molecular complexity index is 924. The SMILES string of the molecule is CC(C)(C#N)Cn1cc(-c2ccncn2)c(-c2cc(O)cc(Cl)c2)n1. The molecule has 25 heavy (non-hydrogen) atoms. The van der Waals surface area contributed by atoms with Gasteiger partial charge in [0, 0.05) is 28.5 Å². The van der Waals surface area contributed by atoms with Crippen molar-refractivity contribution in [3.63, 3.8) is 0 Å². The van der Waals surface area contributed by atoms with E-state index in [9.17, 15) is 10.4 Å². The Morgan fingerprint density at radius 2 is 2.12 bits per heavy atom. The summed E-state index contributed by atoms with van der Waals surface area (Å²) in [6.07, 6.45) is 4.96. The number of aromatic hydroxyl groups is 1. The van der Waals surface area contributed by atoms with Gasteiger partial charge >= 0.3 is 0 Å². The van der Waals surface area contributed by atoms with Gasteiger partial charge < -0.3 is 5.11 Å². The minimum Gasteiger partial charge on any atom is -0.508 e. The molecule has 0 aliphatic carbocycles. The van der Waals surface area contributed by atoms with E-state index in [0.29, 0.717) is 28.5 Å². The van der Waals surface area contributed by atoms with Crippen LogP contribution in [-0.2, 0) is 6.54 Å². The second kappa shape index (κ2) is 6.54. The molecule has 0 amide bonds. The standard InChI is InChI=1S/C18H16ClN5O/c1-18(2,9-20)10-24-8-15(16-3-4-21-11-22-16)17(23-24)12-5-13(19)7-14(25)6-12/h3-8,11,25H,10H2,1-2H3. The maximum Gasteiger partial charge on any atom is 0.117 e. The summed E-state index contributed by atoms with van der Waals surface area (Å²) in [5.74, 6) is 0.0584.